The minimum atomic E-state index is -0.613. The Morgan fingerprint density at radius 1 is 0.850 bits per heavy atom. The first kappa shape index (κ1) is 33.4. The highest BCUT2D eigenvalue weighted by Gasteiger charge is 2.34. The van der Waals surface area contributed by atoms with Crippen molar-refractivity contribution in [3.63, 3.8) is 0 Å². The quantitative estimate of drug-likeness (QED) is 0.153. The first-order valence-electron chi connectivity index (χ1n) is 13.4. The summed E-state index contributed by atoms with van der Waals surface area (Å²) in [6.45, 7) is 9.74. The van der Waals surface area contributed by atoms with Gasteiger partial charge in [0.1, 0.15) is 13.2 Å². The molecule has 2 aliphatic rings. The third kappa shape index (κ3) is 12.1. The molecule has 0 saturated carbocycles. The summed E-state index contributed by atoms with van der Waals surface area (Å²) in [5, 5.41) is 0. The van der Waals surface area contributed by atoms with Gasteiger partial charge in [-0.15, -0.1) is 0 Å². The molecule has 4 unspecified atom stereocenters. The number of likely N-dealkylation sites (N-methyl/N-ethyl adjacent to an activating group) is 1. The third-order valence-electron chi connectivity index (χ3n) is 6.77. The number of ether oxygens (including phenoxy) is 6. The van der Waals surface area contributed by atoms with Gasteiger partial charge in [-0.3, -0.25) is 9.80 Å². The zero-order chi connectivity index (χ0) is 29.5. The third-order valence-corrected chi connectivity index (χ3v) is 6.77. The van der Waals surface area contributed by atoms with Crippen LogP contribution in [-0.4, -0.2) is 150 Å². The van der Waals surface area contributed by atoms with Gasteiger partial charge in [-0.05, 0) is 20.9 Å². The fraction of sp³-hybridized carbons (Fsp3) is 0.704. The predicted molar refractivity (Wildman–Crippen MR) is 143 cm³/mol. The van der Waals surface area contributed by atoms with Crippen molar-refractivity contribution in [3.05, 3.63) is 24.3 Å². The molecule has 0 radical (unpaired) electrons. The molecule has 0 bridgehead atoms. The van der Waals surface area contributed by atoms with E-state index in [4.69, 9.17) is 18.9 Å². The summed E-state index contributed by atoms with van der Waals surface area (Å²) >= 11 is 0. The maximum atomic E-state index is 11.8. The van der Waals surface area contributed by atoms with Crippen molar-refractivity contribution < 1.29 is 47.6 Å². The topological polar surface area (TPSA) is 133 Å². The second kappa shape index (κ2) is 17.8. The molecule has 0 aromatic carbocycles. The highest BCUT2D eigenvalue weighted by molar-refractivity contribution is 5.92. The number of hydrogen-bond donors (Lipinski definition) is 0. The summed E-state index contributed by atoms with van der Waals surface area (Å²) in [6.07, 6.45) is 4.14. The number of carbonyl (C=O) groups is 4. The molecule has 2 rings (SSSR count). The highest BCUT2D eigenvalue weighted by Crippen LogP contribution is 2.20. The van der Waals surface area contributed by atoms with Crippen molar-refractivity contribution in [1.29, 1.82) is 0 Å². The van der Waals surface area contributed by atoms with E-state index in [2.05, 4.69) is 38.0 Å². The molecule has 2 aliphatic heterocycles. The van der Waals surface area contributed by atoms with Gasteiger partial charge < -0.3 is 33.3 Å². The van der Waals surface area contributed by atoms with Crippen LogP contribution in [0, 0.1) is 0 Å². The number of esters is 4. The van der Waals surface area contributed by atoms with Crippen LogP contribution in [0.5, 0.6) is 0 Å². The van der Waals surface area contributed by atoms with E-state index in [1.54, 1.807) is 0 Å². The predicted octanol–water partition coefficient (Wildman–Crippen LogP) is -0.358. The van der Waals surface area contributed by atoms with Crippen LogP contribution in [0.2, 0.25) is 0 Å². The Morgan fingerprint density at radius 3 is 2.02 bits per heavy atom. The summed E-state index contributed by atoms with van der Waals surface area (Å²) in [4.78, 5) is 52.3. The van der Waals surface area contributed by atoms with Gasteiger partial charge in [0.25, 0.3) is 0 Å². The Labute approximate surface area is 235 Å². The van der Waals surface area contributed by atoms with Crippen molar-refractivity contribution in [2.24, 2.45) is 0 Å². The van der Waals surface area contributed by atoms with Crippen LogP contribution in [-0.2, 0) is 47.6 Å². The Kier molecular flexibility index (Phi) is 14.8. The van der Waals surface area contributed by atoms with E-state index in [9.17, 15) is 19.2 Å². The average Bonchev–Trinajstić information content (AvgIpc) is 2.93. The first-order valence-corrected chi connectivity index (χ1v) is 13.4. The number of carbonyl (C=O) groups excluding carboxylic acids is 4. The van der Waals surface area contributed by atoms with Gasteiger partial charge >= 0.3 is 23.9 Å². The fourth-order valence-electron chi connectivity index (χ4n) is 4.60. The largest absolute Gasteiger partial charge is 0.466 e. The molecule has 0 N–H and O–H groups in total. The van der Waals surface area contributed by atoms with E-state index in [1.807, 2.05) is 7.05 Å². The lowest BCUT2D eigenvalue weighted by Crippen LogP contribution is -2.58. The maximum Gasteiger partial charge on any atom is 0.331 e. The molecular formula is C27H43N3O10. The zero-order valence-electron chi connectivity index (χ0n) is 24.1. The molecule has 0 spiro atoms. The van der Waals surface area contributed by atoms with E-state index < -0.39 is 23.9 Å². The summed E-state index contributed by atoms with van der Waals surface area (Å²) < 4.78 is 31.4. The minimum Gasteiger partial charge on any atom is -0.466 e. The van der Waals surface area contributed by atoms with Crippen LogP contribution in [0.3, 0.4) is 0 Å². The lowest BCUT2D eigenvalue weighted by atomic mass is 10.1. The first-order chi connectivity index (χ1) is 19.1. The molecule has 4 atom stereocenters. The van der Waals surface area contributed by atoms with Crippen molar-refractivity contribution in [1.82, 2.24) is 14.7 Å². The molecule has 2 fully saturated rings. The number of morpholine rings is 2. The minimum absolute atomic E-state index is 0.0000483. The monoisotopic (exact) mass is 569 g/mol. The number of rotatable bonds is 14. The van der Waals surface area contributed by atoms with Crippen LogP contribution < -0.4 is 0 Å². The second-order valence-corrected chi connectivity index (χ2v) is 9.76. The van der Waals surface area contributed by atoms with Crippen LogP contribution in [0.15, 0.2) is 24.3 Å². The van der Waals surface area contributed by atoms with Crippen molar-refractivity contribution in [2.45, 2.75) is 38.1 Å². The van der Waals surface area contributed by atoms with Crippen molar-refractivity contribution in [3.8, 4) is 0 Å². The van der Waals surface area contributed by atoms with Gasteiger partial charge in [0.2, 0.25) is 0 Å². The molecule has 226 valence electrons. The average molecular weight is 570 g/mol. The summed E-state index contributed by atoms with van der Waals surface area (Å²) in [5.41, 5.74) is 0. The van der Waals surface area contributed by atoms with Crippen LogP contribution in [0.25, 0.3) is 0 Å². The standard InChI is InChI=1S/C27H43N3O10/c1-20-19-40-23(21(2)30(20)12-15-39-27(34)9-7-25(32)36-5)18-28(3)16-22-17-29(10-13-37-22)11-14-38-26(33)8-6-24(31)35-4/h6-9,20-23H,10-19H2,1-5H3. The fourth-order valence-corrected chi connectivity index (χ4v) is 4.60. The normalized spacial score (nSPS) is 24.4. The number of nitrogens with zero attached hydrogens (tertiary/aromatic N) is 3. The zero-order valence-corrected chi connectivity index (χ0v) is 24.1. The van der Waals surface area contributed by atoms with Gasteiger partial charge in [-0.1, -0.05) is 0 Å². The number of methoxy groups -OCH3 is 2. The van der Waals surface area contributed by atoms with Gasteiger partial charge in [0.15, 0.2) is 0 Å². The molecule has 13 nitrogen and oxygen atoms in total. The molecular weight excluding hydrogens is 526 g/mol. The van der Waals surface area contributed by atoms with Crippen molar-refractivity contribution >= 4 is 23.9 Å². The molecule has 13 heteroatoms. The second-order valence-electron chi connectivity index (χ2n) is 9.76. The molecule has 0 aromatic heterocycles. The molecule has 0 amide bonds. The van der Waals surface area contributed by atoms with E-state index >= 15 is 0 Å². The summed E-state index contributed by atoms with van der Waals surface area (Å²) in [5.74, 6) is -2.41. The molecule has 2 saturated heterocycles. The van der Waals surface area contributed by atoms with E-state index in [0.29, 0.717) is 45.9 Å². The molecule has 40 heavy (non-hydrogen) atoms. The van der Waals surface area contributed by atoms with Gasteiger partial charge in [-0.2, -0.15) is 0 Å². The van der Waals surface area contributed by atoms with E-state index in [-0.39, 0.29) is 37.5 Å². The Balaban J connectivity index is 1.74. The summed E-state index contributed by atoms with van der Waals surface area (Å²) in [7, 11) is 4.51. The van der Waals surface area contributed by atoms with Crippen LogP contribution in [0.4, 0.5) is 0 Å². The Morgan fingerprint density at radius 2 is 1.43 bits per heavy atom. The van der Waals surface area contributed by atoms with E-state index in [1.165, 1.54) is 14.2 Å². The maximum absolute atomic E-state index is 11.8. The van der Waals surface area contributed by atoms with E-state index in [0.717, 1.165) is 30.8 Å². The van der Waals surface area contributed by atoms with Gasteiger partial charge in [-0.25, -0.2) is 19.2 Å². The van der Waals surface area contributed by atoms with Gasteiger partial charge in [0, 0.05) is 75.7 Å². The van der Waals surface area contributed by atoms with Crippen LogP contribution >= 0.6 is 0 Å². The smallest absolute Gasteiger partial charge is 0.331 e. The Bertz CT molecular complexity index is 896. The van der Waals surface area contributed by atoms with Crippen molar-refractivity contribution in [2.75, 3.05) is 87.0 Å². The molecule has 0 aromatic rings. The van der Waals surface area contributed by atoms with Gasteiger partial charge in [0.05, 0.1) is 39.6 Å². The number of hydrogen-bond acceptors (Lipinski definition) is 13. The lowest BCUT2D eigenvalue weighted by Gasteiger charge is -2.45. The molecule has 0 aliphatic carbocycles. The lowest BCUT2D eigenvalue weighted by molar-refractivity contribution is -0.142. The molecule has 2 heterocycles. The highest BCUT2D eigenvalue weighted by atomic mass is 16.5. The SMILES string of the molecule is COC(=O)C=CC(=O)OCCN1CCOC(CN(C)CC2OCC(C)N(CCOC(=O)C=CC(=O)OC)C2C)C1. The Hall–Kier alpha value is -2.84. The summed E-state index contributed by atoms with van der Waals surface area (Å²) in [6, 6.07) is 0.267. The van der Waals surface area contributed by atoms with Crippen LogP contribution in [0.1, 0.15) is 13.8 Å².